The van der Waals surface area contributed by atoms with E-state index in [4.69, 9.17) is 4.74 Å². The van der Waals surface area contributed by atoms with Crippen LogP contribution in [0.2, 0.25) is 0 Å². The zero-order valence-electron chi connectivity index (χ0n) is 11.9. The molecule has 0 radical (unpaired) electrons. The Bertz CT molecular complexity index is 274. The molecule has 0 amide bonds. The van der Waals surface area contributed by atoms with Gasteiger partial charge in [-0.1, -0.05) is 19.1 Å². The molecule has 0 aliphatic heterocycles. The number of hydrogen-bond donors (Lipinski definition) is 0. The highest BCUT2D eigenvalue weighted by Crippen LogP contribution is 2.34. The van der Waals surface area contributed by atoms with Crippen LogP contribution in [-0.2, 0) is 4.74 Å². The van der Waals surface area contributed by atoms with Crippen LogP contribution in [0, 0.1) is 0 Å². The Morgan fingerprint density at radius 2 is 1.83 bits per heavy atom. The number of likely N-dealkylation sites (N-methyl/N-ethyl adjacent to an activating group) is 1. The van der Waals surface area contributed by atoms with Gasteiger partial charge in [0, 0.05) is 6.54 Å². The van der Waals surface area contributed by atoms with E-state index in [1.165, 1.54) is 0 Å². The van der Waals surface area contributed by atoms with Crippen LogP contribution < -0.4 is 0 Å². The van der Waals surface area contributed by atoms with Gasteiger partial charge in [0.2, 0.25) is 0 Å². The molecule has 0 aromatic heterocycles. The maximum absolute atomic E-state index is 12.8. The molecule has 0 heterocycles. The van der Waals surface area contributed by atoms with Crippen LogP contribution in [0.4, 0.5) is 13.2 Å². The Kier molecular flexibility index (Phi) is 6.37. The smallest absolute Gasteiger partial charge is 0.357 e. The monoisotopic (exact) mass is 267 g/mol. The predicted molar refractivity (Wildman–Crippen MR) is 67.6 cm³/mol. The molecule has 0 aromatic rings. The van der Waals surface area contributed by atoms with Crippen molar-refractivity contribution in [1.82, 2.24) is 4.90 Å². The van der Waals surface area contributed by atoms with Crippen molar-refractivity contribution in [1.29, 1.82) is 0 Å². The van der Waals surface area contributed by atoms with Gasteiger partial charge in [-0.3, -0.25) is 0 Å². The maximum Gasteiger partial charge on any atom is 0.416 e. The normalized spacial score (nSPS) is 14.9. The molecule has 0 rings (SSSR count). The molecule has 1 atom stereocenters. The standard InChI is InChI=1S/C13H24F3NO/c1-7-8-17(6)9-11(10(2)3)18-12(4,5)13(14,15)16/h11H,2,7-9H2,1,3-6H3. The molecule has 0 aromatic carbocycles. The third kappa shape index (κ3) is 5.40. The molecule has 0 saturated carbocycles. The van der Waals surface area contributed by atoms with Crippen molar-refractivity contribution in [3.8, 4) is 0 Å². The fraction of sp³-hybridized carbons (Fsp3) is 0.846. The largest absolute Gasteiger partial charge is 0.416 e. The van der Waals surface area contributed by atoms with E-state index in [2.05, 4.69) is 6.58 Å². The molecule has 0 aliphatic rings. The number of ether oxygens (including phenoxy) is 1. The lowest BCUT2D eigenvalue weighted by Crippen LogP contribution is -2.47. The summed E-state index contributed by atoms with van der Waals surface area (Å²) in [5.74, 6) is 0. The molecule has 0 aliphatic carbocycles. The third-order valence-corrected chi connectivity index (χ3v) is 2.75. The Hall–Kier alpha value is -0.550. The molecule has 0 spiro atoms. The van der Waals surface area contributed by atoms with Gasteiger partial charge in [0.05, 0.1) is 6.10 Å². The summed E-state index contributed by atoms with van der Waals surface area (Å²) in [6, 6.07) is 0. The number of alkyl halides is 3. The van der Waals surface area contributed by atoms with Gasteiger partial charge in [-0.25, -0.2) is 0 Å². The summed E-state index contributed by atoms with van der Waals surface area (Å²) in [5.41, 5.74) is -1.56. The molecular formula is C13H24F3NO. The molecule has 108 valence electrons. The maximum atomic E-state index is 12.8. The summed E-state index contributed by atoms with van der Waals surface area (Å²) in [6.45, 7) is 10.8. The van der Waals surface area contributed by atoms with Crippen molar-refractivity contribution >= 4 is 0 Å². The number of halogens is 3. The zero-order valence-corrected chi connectivity index (χ0v) is 11.9. The van der Waals surface area contributed by atoms with E-state index in [0.29, 0.717) is 12.1 Å². The molecule has 5 heteroatoms. The first-order chi connectivity index (χ1) is 8.01. The SMILES string of the molecule is C=C(C)C(CN(C)CCC)OC(C)(C)C(F)(F)F. The third-order valence-electron chi connectivity index (χ3n) is 2.75. The molecule has 0 fully saturated rings. The number of nitrogens with zero attached hydrogens (tertiary/aromatic N) is 1. The molecule has 2 nitrogen and oxygen atoms in total. The number of rotatable bonds is 7. The van der Waals surface area contributed by atoms with Gasteiger partial charge in [-0.15, -0.1) is 0 Å². The van der Waals surface area contributed by atoms with Crippen molar-refractivity contribution in [3.63, 3.8) is 0 Å². The van der Waals surface area contributed by atoms with E-state index in [1.807, 2.05) is 18.9 Å². The van der Waals surface area contributed by atoms with Gasteiger partial charge >= 0.3 is 6.18 Å². The van der Waals surface area contributed by atoms with Crippen molar-refractivity contribution in [2.24, 2.45) is 0 Å². The molecule has 1 unspecified atom stereocenters. The van der Waals surface area contributed by atoms with Gasteiger partial charge < -0.3 is 9.64 Å². The fourth-order valence-electron chi connectivity index (χ4n) is 1.47. The van der Waals surface area contributed by atoms with Crippen LogP contribution in [-0.4, -0.2) is 42.9 Å². The van der Waals surface area contributed by atoms with E-state index < -0.39 is 17.9 Å². The molecule has 0 saturated heterocycles. The van der Waals surface area contributed by atoms with Crippen LogP contribution in [0.25, 0.3) is 0 Å². The molecule has 18 heavy (non-hydrogen) atoms. The van der Waals surface area contributed by atoms with Gasteiger partial charge in [-0.05, 0) is 40.8 Å². The summed E-state index contributed by atoms with van der Waals surface area (Å²) < 4.78 is 43.5. The van der Waals surface area contributed by atoms with Gasteiger partial charge in [0.1, 0.15) is 0 Å². The first-order valence-electron chi connectivity index (χ1n) is 6.09. The van der Waals surface area contributed by atoms with Crippen molar-refractivity contribution in [2.75, 3.05) is 20.1 Å². The summed E-state index contributed by atoms with van der Waals surface area (Å²) in [7, 11) is 1.86. The first kappa shape index (κ1) is 17.4. The topological polar surface area (TPSA) is 12.5 Å². The predicted octanol–water partition coefficient (Wildman–Crippen LogP) is 3.63. The van der Waals surface area contributed by atoms with Crippen molar-refractivity contribution in [3.05, 3.63) is 12.2 Å². The summed E-state index contributed by atoms with van der Waals surface area (Å²) in [4.78, 5) is 1.95. The lowest BCUT2D eigenvalue weighted by atomic mass is 10.1. The average molecular weight is 267 g/mol. The Balaban J connectivity index is 4.69. The summed E-state index contributed by atoms with van der Waals surface area (Å²) in [6.07, 6.45) is -4.05. The highest BCUT2D eigenvalue weighted by atomic mass is 19.4. The van der Waals surface area contributed by atoms with E-state index in [0.717, 1.165) is 26.8 Å². The van der Waals surface area contributed by atoms with Crippen molar-refractivity contribution in [2.45, 2.75) is 52.0 Å². The van der Waals surface area contributed by atoms with Crippen LogP contribution in [0.15, 0.2) is 12.2 Å². The Morgan fingerprint density at radius 1 is 1.33 bits per heavy atom. The van der Waals surface area contributed by atoms with E-state index in [9.17, 15) is 13.2 Å². The lowest BCUT2D eigenvalue weighted by molar-refractivity contribution is -0.273. The summed E-state index contributed by atoms with van der Waals surface area (Å²) in [5, 5.41) is 0. The van der Waals surface area contributed by atoms with Crippen LogP contribution in [0.3, 0.4) is 0 Å². The van der Waals surface area contributed by atoms with E-state index in [1.54, 1.807) is 6.92 Å². The fourth-order valence-corrected chi connectivity index (χ4v) is 1.47. The molecule has 0 N–H and O–H groups in total. The van der Waals surface area contributed by atoms with Crippen LogP contribution >= 0.6 is 0 Å². The Morgan fingerprint density at radius 3 is 2.17 bits per heavy atom. The average Bonchev–Trinajstić information content (AvgIpc) is 2.14. The molecule has 0 bridgehead atoms. The Labute approximate surface area is 108 Å². The van der Waals surface area contributed by atoms with Crippen molar-refractivity contribution < 1.29 is 17.9 Å². The highest BCUT2D eigenvalue weighted by molar-refractivity contribution is 5.01. The minimum atomic E-state index is -4.38. The van der Waals surface area contributed by atoms with Gasteiger partial charge in [-0.2, -0.15) is 13.2 Å². The quantitative estimate of drug-likeness (QED) is 0.653. The highest BCUT2D eigenvalue weighted by Gasteiger charge is 2.49. The van der Waals surface area contributed by atoms with Gasteiger partial charge in [0.25, 0.3) is 0 Å². The zero-order chi connectivity index (χ0) is 14.6. The minimum Gasteiger partial charge on any atom is -0.357 e. The second-order valence-electron chi connectivity index (χ2n) is 5.22. The van der Waals surface area contributed by atoms with Gasteiger partial charge in [0.15, 0.2) is 5.60 Å². The van der Waals surface area contributed by atoms with E-state index >= 15 is 0 Å². The second-order valence-corrected chi connectivity index (χ2v) is 5.22. The summed E-state index contributed by atoms with van der Waals surface area (Å²) >= 11 is 0. The first-order valence-corrected chi connectivity index (χ1v) is 6.09. The van der Waals surface area contributed by atoms with Crippen LogP contribution in [0.5, 0.6) is 0 Å². The minimum absolute atomic E-state index is 0.419. The number of hydrogen-bond acceptors (Lipinski definition) is 2. The molecular weight excluding hydrogens is 243 g/mol. The second kappa shape index (κ2) is 6.57. The van der Waals surface area contributed by atoms with Crippen LogP contribution in [0.1, 0.15) is 34.1 Å². The van der Waals surface area contributed by atoms with E-state index in [-0.39, 0.29) is 0 Å². The lowest BCUT2D eigenvalue weighted by Gasteiger charge is -2.34.